The molecule has 0 bridgehead atoms. The predicted molar refractivity (Wildman–Crippen MR) is 109 cm³/mol. The van der Waals surface area contributed by atoms with Crippen LogP contribution in [-0.2, 0) is 17.6 Å². The van der Waals surface area contributed by atoms with E-state index in [0.29, 0.717) is 6.42 Å². The Hall–Kier alpha value is -2.99. The summed E-state index contributed by atoms with van der Waals surface area (Å²) in [5.74, 6) is -0.176. The zero-order valence-corrected chi connectivity index (χ0v) is 16.1. The molecule has 0 fully saturated rings. The topological polar surface area (TPSA) is 37.6 Å². The molecule has 1 amide bonds. The lowest BCUT2D eigenvalue weighted by Gasteiger charge is -2.22. The normalized spacial score (nSPS) is 15.9. The third-order valence-electron chi connectivity index (χ3n) is 5.23. The molecule has 1 aliphatic rings. The predicted octanol–water partition coefficient (Wildman–Crippen LogP) is 4.72. The number of carbonyl (C=O) groups excluding carboxylic acids is 1. The van der Waals surface area contributed by atoms with Gasteiger partial charge in [0, 0.05) is 34.6 Å². The van der Waals surface area contributed by atoms with E-state index in [2.05, 4.69) is 18.0 Å². The van der Waals surface area contributed by atoms with Crippen molar-refractivity contribution in [3.63, 3.8) is 0 Å². The zero-order valence-electron chi connectivity index (χ0n) is 15.3. The van der Waals surface area contributed by atoms with Crippen LogP contribution in [0.15, 0.2) is 60.1 Å². The molecule has 2 aromatic heterocycles. The van der Waals surface area contributed by atoms with E-state index in [1.165, 1.54) is 29.0 Å². The quantitative estimate of drug-likeness (QED) is 0.507. The first-order chi connectivity index (χ1) is 13.6. The summed E-state index contributed by atoms with van der Waals surface area (Å²) < 4.78 is 15.1. The number of hydrogen-bond acceptors (Lipinski definition) is 3. The van der Waals surface area contributed by atoms with Gasteiger partial charge in [-0.15, -0.1) is 11.3 Å². The summed E-state index contributed by atoms with van der Waals surface area (Å²) in [5.41, 5.74) is 4.80. The van der Waals surface area contributed by atoms with Gasteiger partial charge in [-0.2, -0.15) is 0 Å². The van der Waals surface area contributed by atoms with Crippen LogP contribution in [0.3, 0.4) is 0 Å². The number of imidazole rings is 1. The Kier molecular flexibility index (Phi) is 4.02. The number of halogens is 1. The molecule has 0 saturated heterocycles. The lowest BCUT2D eigenvalue weighted by Crippen LogP contribution is -2.37. The number of amides is 1. The van der Waals surface area contributed by atoms with Gasteiger partial charge in [0.05, 0.1) is 12.1 Å². The Morgan fingerprint density at radius 1 is 1.21 bits per heavy atom. The number of thiazole rings is 1. The second-order valence-corrected chi connectivity index (χ2v) is 7.97. The number of benzene rings is 2. The average Bonchev–Trinajstić information content (AvgIpc) is 3.35. The minimum atomic E-state index is -0.268. The molecule has 140 valence electrons. The van der Waals surface area contributed by atoms with E-state index in [1.807, 2.05) is 39.1 Å². The molecule has 0 radical (unpaired) electrons. The first-order valence-electron chi connectivity index (χ1n) is 9.21. The van der Waals surface area contributed by atoms with Crippen molar-refractivity contribution in [3.05, 3.63) is 77.2 Å². The molecule has 0 saturated carbocycles. The Morgan fingerprint density at radius 2 is 2.00 bits per heavy atom. The van der Waals surface area contributed by atoms with Gasteiger partial charge in [-0.1, -0.05) is 18.2 Å². The second-order valence-electron chi connectivity index (χ2n) is 7.14. The monoisotopic (exact) mass is 391 g/mol. The molecule has 2 aromatic carbocycles. The maximum Gasteiger partial charge on any atom is 0.233 e. The summed E-state index contributed by atoms with van der Waals surface area (Å²) in [6, 6.07) is 14.6. The summed E-state index contributed by atoms with van der Waals surface area (Å²) in [5, 5.41) is 1.99. The van der Waals surface area contributed by atoms with E-state index >= 15 is 0 Å². The number of para-hydroxylation sites is 1. The molecular formula is C22H18FN3OS. The number of fused-ring (bicyclic) bond motifs is 2. The van der Waals surface area contributed by atoms with Gasteiger partial charge >= 0.3 is 0 Å². The molecule has 0 aliphatic carbocycles. The maximum atomic E-state index is 13.2. The van der Waals surface area contributed by atoms with Crippen LogP contribution in [0.4, 0.5) is 10.1 Å². The van der Waals surface area contributed by atoms with Crippen LogP contribution >= 0.6 is 11.3 Å². The van der Waals surface area contributed by atoms with Crippen LogP contribution in [0.5, 0.6) is 0 Å². The maximum absolute atomic E-state index is 13.2. The second kappa shape index (κ2) is 6.56. The van der Waals surface area contributed by atoms with Gasteiger partial charge in [-0.05, 0) is 49.2 Å². The van der Waals surface area contributed by atoms with Crippen molar-refractivity contribution in [2.24, 2.45) is 0 Å². The molecule has 0 N–H and O–H groups in total. The lowest BCUT2D eigenvalue weighted by atomic mass is 10.1. The number of nitrogens with zero attached hydrogens (tertiary/aromatic N) is 3. The number of rotatable bonds is 3. The van der Waals surface area contributed by atoms with E-state index in [-0.39, 0.29) is 17.8 Å². The van der Waals surface area contributed by atoms with Crippen molar-refractivity contribution in [2.75, 3.05) is 4.90 Å². The molecule has 1 aliphatic heterocycles. The highest BCUT2D eigenvalue weighted by atomic mass is 32.1. The van der Waals surface area contributed by atoms with Gasteiger partial charge in [0.2, 0.25) is 5.91 Å². The van der Waals surface area contributed by atoms with Gasteiger partial charge in [0.25, 0.3) is 0 Å². The zero-order chi connectivity index (χ0) is 19.3. The molecule has 28 heavy (non-hydrogen) atoms. The number of aromatic nitrogens is 2. The van der Waals surface area contributed by atoms with Crippen molar-refractivity contribution in [3.8, 4) is 11.3 Å². The molecule has 4 aromatic rings. The molecule has 1 unspecified atom stereocenters. The Bertz CT molecular complexity index is 1180. The Morgan fingerprint density at radius 3 is 2.82 bits per heavy atom. The van der Waals surface area contributed by atoms with Crippen molar-refractivity contribution in [2.45, 2.75) is 25.8 Å². The highest BCUT2D eigenvalue weighted by molar-refractivity contribution is 7.15. The fourth-order valence-electron chi connectivity index (χ4n) is 3.90. The van der Waals surface area contributed by atoms with E-state index in [1.54, 1.807) is 12.1 Å². The van der Waals surface area contributed by atoms with Gasteiger partial charge < -0.3 is 4.90 Å². The largest absolute Gasteiger partial charge is 0.309 e. The Labute approximate surface area is 165 Å². The van der Waals surface area contributed by atoms with Gasteiger partial charge in [0.1, 0.15) is 5.82 Å². The van der Waals surface area contributed by atoms with Crippen LogP contribution < -0.4 is 4.90 Å². The van der Waals surface area contributed by atoms with E-state index in [0.717, 1.165) is 34.0 Å². The summed E-state index contributed by atoms with van der Waals surface area (Å²) in [7, 11) is 0. The number of anilines is 1. The fourth-order valence-corrected chi connectivity index (χ4v) is 4.77. The highest BCUT2D eigenvalue weighted by Crippen LogP contribution is 2.33. The summed E-state index contributed by atoms with van der Waals surface area (Å²) in [4.78, 5) is 20.5. The molecule has 5 rings (SSSR count). The summed E-state index contributed by atoms with van der Waals surface area (Å²) in [6.45, 7) is 2.09. The van der Waals surface area contributed by atoms with Crippen LogP contribution in [0.1, 0.15) is 18.2 Å². The molecule has 4 nitrogen and oxygen atoms in total. The third kappa shape index (κ3) is 2.81. The van der Waals surface area contributed by atoms with Crippen LogP contribution in [0.25, 0.3) is 16.2 Å². The molecular weight excluding hydrogens is 373 g/mol. The first-order valence-corrected chi connectivity index (χ1v) is 10.1. The average molecular weight is 391 g/mol. The third-order valence-corrected chi connectivity index (χ3v) is 6.12. The smallest absolute Gasteiger partial charge is 0.233 e. The van der Waals surface area contributed by atoms with E-state index in [4.69, 9.17) is 0 Å². The molecule has 0 spiro atoms. The SMILES string of the molecule is CC1Cc2ccccc2N1C(=O)Cc1csc2nc(-c3ccc(F)cc3)cn12. The van der Waals surface area contributed by atoms with Crippen molar-refractivity contribution >= 4 is 27.9 Å². The van der Waals surface area contributed by atoms with Crippen molar-refractivity contribution < 1.29 is 9.18 Å². The number of carbonyl (C=O) groups is 1. The minimum Gasteiger partial charge on any atom is -0.309 e. The first kappa shape index (κ1) is 17.1. The molecule has 3 heterocycles. The molecule has 6 heteroatoms. The van der Waals surface area contributed by atoms with Gasteiger partial charge in [-0.25, -0.2) is 9.37 Å². The minimum absolute atomic E-state index is 0.0918. The summed E-state index contributed by atoms with van der Waals surface area (Å²) >= 11 is 1.51. The Balaban J connectivity index is 1.44. The highest BCUT2D eigenvalue weighted by Gasteiger charge is 2.30. The lowest BCUT2D eigenvalue weighted by molar-refractivity contribution is -0.118. The standard InChI is InChI=1S/C22H18FN3OS/c1-14-10-16-4-2-3-5-20(16)26(14)21(27)11-18-13-28-22-24-19(12-25(18)22)15-6-8-17(23)9-7-15/h2-9,12-14H,10-11H2,1H3. The van der Waals surface area contributed by atoms with Crippen molar-refractivity contribution in [1.29, 1.82) is 0 Å². The summed E-state index contributed by atoms with van der Waals surface area (Å²) in [6.07, 6.45) is 3.13. The van der Waals surface area contributed by atoms with Gasteiger partial charge in [0.15, 0.2) is 4.96 Å². The van der Waals surface area contributed by atoms with Crippen molar-refractivity contribution in [1.82, 2.24) is 9.38 Å². The van der Waals surface area contributed by atoms with Gasteiger partial charge in [-0.3, -0.25) is 9.20 Å². The van der Waals surface area contributed by atoms with E-state index in [9.17, 15) is 9.18 Å². The van der Waals surface area contributed by atoms with Crippen LogP contribution in [0, 0.1) is 5.82 Å². The van der Waals surface area contributed by atoms with Crippen LogP contribution in [-0.4, -0.2) is 21.3 Å². The number of hydrogen-bond donors (Lipinski definition) is 0. The molecule has 1 atom stereocenters. The van der Waals surface area contributed by atoms with Crippen LogP contribution in [0.2, 0.25) is 0 Å². The van der Waals surface area contributed by atoms with E-state index < -0.39 is 0 Å². The fraction of sp³-hybridized carbons (Fsp3) is 0.182.